The SMILES string of the molecule is COc1cc2c(cc1F)nc(N)n2CC1CN(C)CCO1. The minimum atomic E-state index is -0.441. The molecule has 0 bridgehead atoms. The predicted octanol–water partition coefficient (Wildman–Crippen LogP) is 1.10. The number of fused-ring (bicyclic) bond motifs is 1. The summed E-state index contributed by atoms with van der Waals surface area (Å²) in [6.07, 6.45) is 0.0412. The van der Waals surface area contributed by atoms with E-state index in [0.29, 0.717) is 24.6 Å². The fourth-order valence-electron chi connectivity index (χ4n) is 2.67. The molecule has 1 fully saturated rings. The standard InChI is InChI=1S/C14H19FN4O2/c1-18-3-4-21-9(7-18)8-19-12-6-13(20-2)10(15)5-11(12)17-14(19)16/h5-6,9H,3-4,7-8H2,1-2H3,(H2,16,17). The van der Waals surface area contributed by atoms with Crippen LogP contribution in [0.1, 0.15) is 0 Å². The number of halogens is 1. The van der Waals surface area contributed by atoms with Gasteiger partial charge in [-0.1, -0.05) is 0 Å². The van der Waals surface area contributed by atoms with Crippen LogP contribution >= 0.6 is 0 Å². The van der Waals surface area contributed by atoms with Crippen LogP contribution in [0, 0.1) is 5.82 Å². The fourth-order valence-corrected chi connectivity index (χ4v) is 2.67. The van der Waals surface area contributed by atoms with E-state index in [1.807, 2.05) is 4.57 Å². The number of nitrogens with zero attached hydrogens (tertiary/aromatic N) is 3. The van der Waals surface area contributed by atoms with E-state index in [-0.39, 0.29) is 11.9 Å². The molecule has 0 aliphatic carbocycles. The van der Waals surface area contributed by atoms with Crippen molar-refractivity contribution in [2.24, 2.45) is 0 Å². The van der Waals surface area contributed by atoms with Crippen LogP contribution in [-0.2, 0) is 11.3 Å². The van der Waals surface area contributed by atoms with Crippen molar-refractivity contribution in [1.29, 1.82) is 0 Å². The minimum Gasteiger partial charge on any atom is -0.494 e. The Hall–Kier alpha value is -1.86. The Morgan fingerprint density at radius 3 is 3.05 bits per heavy atom. The second-order valence-electron chi connectivity index (χ2n) is 5.31. The highest BCUT2D eigenvalue weighted by Gasteiger charge is 2.21. The van der Waals surface area contributed by atoms with Crippen LogP contribution in [0.5, 0.6) is 5.75 Å². The first-order valence-electron chi connectivity index (χ1n) is 6.88. The van der Waals surface area contributed by atoms with Crippen molar-refractivity contribution in [3.05, 3.63) is 17.9 Å². The van der Waals surface area contributed by atoms with E-state index in [0.717, 1.165) is 18.6 Å². The number of nitrogens with two attached hydrogens (primary N) is 1. The smallest absolute Gasteiger partial charge is 0.201 e. The molecule has 7 heteroatoms. The zero-order valence-corrected chi connectivity index (χ0v) is 12.2. The predicted molar refractivity (Wildman–Crippen MR) is 77.9 cm³/mol. The number of imidazole rings is 1. The molecule has 2 aromatic rings. The third-order valence-corrected chi connectivity index (χ3v) is 3.78. The molecule has 21 heavy (non-hydrogen) atoms. The molecule has 6 nitrogen and oxygen atoms in total. The van der Waals surface area contributed by atoms with Crippen molar-refractivity contribution in [3.8, 4) is 5.75 Å². The maximum atomic E-state index is 13.7. The molecule has 0 amide bonds. The maximum Gasteiger partial charge on any atom is 0.201 e. The van der Waals surface area contributed by atoms with E-state index in [1.165, 1.54) is 13.2 Å². The first kappa shape index (κ1) is 14.1. The van der Waals surface area contributed by atoms with Gasteiger partial charge >= 0.3 is 0 Å². The summed E-state index contributed by atoms with van der Waals surface area (Å²) in [6, 6.07) is 2.97. The molecule has 0 radical (unpaired) electrons. The van der Waals surface area contributed by atoms with Crippen LogP contribution < -0.4 is 10.5 Å². The van der Waals surface area contributed by atoms with E-state index in [1.54, 1.807) is 6.07 Å². The molecule has 0 spiro atoms. The fraction of sp³-hybridized carbons (Fsp3) is 0.500. The van der Waals surface area contributed by atoms with Gasteiger partial charge in [-0.05, 0) is 7.05 Å². The molecule has 3 rings (SSSR count). The Labute approximate surface area is 122 Å². The summed E-state index contributed by atoms with van der Waals surface area (Å²) in [5, 5.41) is 0. The second-order valence-corrected chi connectivity index (χ2v) is 5.31. The molecule has 2 N–H and O–H groups in total. The van der Waals surface area contributed by atoms with E-state index in [9.17, 15) is 4.39 Å². The van der Waals surface area contributed by atoms with Gasteiger partial charge in [0, 0.05) is 25.2 Å². The van der Waals surface area contributed by atoms with Crippen LogP contribution in [0.3, 0.4) is 0 Å². The summed E-state index contributed by atoms with van der Waals surface area (Å²) in [5.74, 6) is 0.100. The molecule has 1 aliphatic rings. The number of hydrogen-bond acceptors (Lipinski definition) is 5. The van der Waals surface area contributed by atoms with Crippen molar-refractivity contribution < 1.29 is 13.9 Å². The van der Waals surface area contributed by atoms with Crippen molar-refractivity contribution in [2.75, 3.05) is 39.6 Å². The molecular formula is C14H19FN4O2. The number of benzene rings is 1. The zero-order valence-electron chi connectivity index (χ0n) is 12.2. The first-order valence-corrected chi connectivity index (χ1v) is 6.88. The number of likely N-dealkylation sites (N-methyl/N-ethyl adjacent to an activating group) is 1. The highest BCUT2D eigenvalue weighted by molar-refractivity contribution is 5.80. The number of hydrogen-bond donors (Lipinski definition) is 1. The van der Waals surface area contributed by atoms with Gasteiger partial charge in [-0.25, -0.2) is 9.37 Å². The summed E-state index contributed by atoms with van der Waals surface area (Å²) in [4.78, 5) is 6.42. The molecular weight excluding hydrogens is 275 g/mol. The monoisotopic (exact) mass is 294 g/mol. The van der Waals surface area contributed by atoms with E-state index in [4.69, 9.17) is 15.2 Å². The molecule has 0 saturated carbocycles. The maximum absolute atomic E-state index is 13.7. The number of anilines is 1. The van der Waals surface area contributed by atoms with Crippen LogP contribution in [0.2, 0.25) is 0 Å². The van der Waals surface area contributed by atoms with Crippen LogP contribution in [0.4, 0.5) is 10.3 Å². The van der Waals surface area contributed by atoms with Gasteiger partial charge in [0.1, 0.15) is 0 Å². The molecule has 1 aromatic carbocycles. The van der Waals surface area contributed by atoms with Crippen LogP contribution in [-0.4, -0.2) is 54.4 Å². The van der Waals surface area contributed by atoms with Gasteiger partial charge in [0.2, 0.25) is 5.95 Å². The van der Waals surface area contributed by atoms with Crippen molar-refractivity contribution in [2.45, 2.75) is 12.6 Å². The van der Waals surface area contributed by atoms with Gasteiger partial charge in [0.25, 0.3) is 0 Å². The normalized spacial score (nSPS) is 20.0. The van der Waals surface area contributed by atoms with Gasteiger partial charge < -0.3 is 24.7 Å². The van der Waals surface area contributed by atoms with E-state index < -0.39 is 5.82 Å². The summed E-state index contributed by atoms with van der Waals surface area (Å²) in [5.41, 5.74) is 7.24. The lowest BCUT2D eigenvalue weighted by Crippen LogP contribution is -2.42. The number of morpholine rings is 1. The topological polar surface area (TPSA) is 65.5 Å². The Balaban J connectivity index is 1.95. The lowest BCUT2D eigenvalue weighted by Gasteiger charge is -2.30. The molecule has 114 valence electrons. The first-order chi connectivity index (χ1) is 10.1. The third-order valence-electron chi connectivity index (χ3n) is 3.78. The summed E-state index contributed by atoms with van der Waals surface area (Å²) >= 11 is 0. The van der Waals surface area contributed by atoms with Gasteiger partial charge in [-0.15, -0.1) is 0 Å². The Morgan fingerprint density at radius 2 is 2.33 bits per heavy atom. The highest BCUT2D eigenvalue weighted by atomic mass is 19.1. The van der Waals surface area contributed by atoms with Gasteiger partial charge in [0.15, 0.2) is 11.6 Å². The van der Waals surface area contributed by atoms with Crippen LogP contribution in [0.25, 0.3) is 11.0 Å². The zero-order chi connectivity index (χ0) is 15.0. The average molecular weight is 294 g/mol. The Kier molecular flexibility index (Phi) is 3.69. The van der Waals surface area contributed by atoms with Crippen molar-refractivity contribution >= 4 is 17.0 Å². The molecule has 1 atom stereocenters. The largest absolute Gasteiger partial charge is 0.494 e. The van der Waals surface area contributed by atoms with E-state index in [2.05, 4.69) is 16.9 Å². The highest BCUT2D eigenvalue weighted by Crippen LogP contribution is 2.27. The minimum absolute atomic E-state index is 0.0412. The summed E-state index contributed by atoms with van der Waals surface area (Å²) < 4.78 is 26.4. The Morgan fingerprint density at radius 1 is 1.52 bits per heavy atom. The van der Waals surface area contributed by atoms with Gasteiger partial charge in [-0.3, -0.25) is 0 Å². The van der Waals surface area contributed by atoms with E-state index >= 15 is 0 Å². The molecule has 2 heterocycles. The molecule has 1 aliphatic heterocycles. The summed E-state index contributed by atoms with van der Waals surface area (Å²) in [6.45, 7) is 3.04. The van der Waals surface area contributed by atoms with Gasteiger partial charge in [0.05, 0.1) is 37.4 Å². The number of methoxy groups -OCH3 is 1. The lowest BCUT2D eigenvalue weighted by molar-refractivity contribution is -0.0267. The number of aromatic nitrogens is 2. The number of rotatable bonds is 3. The second kappa shape index (κ2) is 5.50. The number of nitrogen functional groups attached to an aromatic ring is 1. The number of ether oxygens (including phenoxy) is 2. The molecule has 1 aromatic heterocycles. The van der Waals surface area contributed by atoms with Crippen molar-refractivity contribution in [1.82, 2.24) is 14.5 Å². The average Bonchev–Trinajstić information content (AvgIpc) is 2.73. The van der Waals surface area contributed by atoms with Crippen LogP contribution in [0.15, 0.2) is 12.1 Å². The third kappa shape index (κ3) is 2.66. The lowest BCUT2D eigenvalue weighted by atomic mass is 10.2. The molecule has 1 saturated heterocycles. The van der Waals surface area contributed by atoms with Crippen molar-refractivity contribution in [3.63, 3.8) is 0 Å². The molecule has 1 unspecified atom stereocenters. The van der Waals surface area contributed by atoms with Gasteiger partial charge in [-0.2, -0.15) is 0 Å². The quantitative estimate of drug-likeness (QED) is 0.918. The Bertz CT molecular complexity index is 658. The summed E-state index contributed by atoms with van der Waals surface area (Å²) in [7, 11) is 3.50.